The van der Waals surface area contributed by atoms with Gasteiger partial charge in [0, 0.05) is 10.6 Å². The van der Waals surface area contributed by atoms with Crippen molar-refractivity contribution in [2.24, 2.45) is 5.10 Å². The van der Waals surface area contributed by atoms with Gasteiger partial charge in [0.15, 0.2) is 6.61 Å². The third kappa shape index (κ3) is 6.07. The molecule has 2 aromatic carbocycles. The van der Waals surface area contributed by atoms with Crippen molar-refractivity contribution in [1.82, 2.24) is 5.43 Å². The summed E-state index contributed by atoms with van der Waals surface area (Å²) in [6, 6.07) is 12.8. The van der Waals surface area contributed by atoms with Gasteiger partial charge >= 0.3 is 0 Å². The van der Waals surface area contributed by atoms with E-state index in [0.29, 0.717) is 27.3 Å². The number of halogens is 2. The van der Waals surface area contributed by atoms with Gasteiger partial charge in [0.25, 0.3) is 5.91 Å². The average Bonchev–Trinajstić information content (AvgIpc) is 2.61. The molecule has 1 N–H and O–H groups in total. The molecule has 0 saturated heterocycles. The number of ether oxygens (including phenoxy) is 1. The molecule has 2 rings (SSSR count). The molecule has 0 saturated carbocycles. The number of nitrogens with one attached hydrogen (secondary N) is 1. The van der Waals surface area contributed by atoms with Crippen LogP contribution in [0.4, 0.5) is 0 Å². The van der Waals surface area contributed by atoms with Crippen LogP contribution in [0.3, 0.4) is 0 Å². The number of amides is 1. The molecule has 2 aromatic rings. The Balaban J connectivity index is 1.81. The fourth-order valence-electron chi connectivity index (χ4n) is 2.09. The molecule has 0 fully saturated rings. The monoisotopic (exact) mass is 378 g/mol. The van der Waals surface area contributed by atoms with Crippen molar-refractivity contribution in [3.8, 4) is 5.75 Å². The van der Waals surface area contributed by atoms with Gasteiger partial charge < -0.3 is 4.74 Å². The van der Waals surface area contributed by atoms with Crippen molar-refractivity contribution in [2.75, 3.05) is 6.61 Å². The van der Waals surface area contributed by atoms with Gasteiger partial charge in [0.05, 0.1) is 11.2 Å². The Bertz CT molecular complexity index is 746. The molecule has 1 unspecified atom stereocenters. The molecule has 0 aromatic heterocycles. The highest BCUT2D eigenvalue weighted by Gasteiger charge is 2.05. The van der Waals surface area contributed by atoms with E-state index in [1.165, 1.54) is 11.8 Å². The smallest absolute Gasteiger partial charge is 0.277 e. The van der Waals surface area contributed by atoms with E-state index in [9.17, 15) is 4.79 Å². The van der Waals surface area contributed by atoms with E-state index in [4.69, 9.17) is 27.9 Å². The maximum atomic E-state index is 11.8. The number of hydrogen-bond acceptors (Lipinski definition) is 3. The van der Waals surface area contributed by atoms with Crippen LogP contribution in [0, 0.1) is 0 Å². The number of hydrazone groups is 1. The second-order valence-corrected chi connectivity index (χ2v) is 6.47. The Labute approximate surface area is 157 Å². The maximum Gasteiger partial charge on any atom is 0.277 e. The van der Waals surface area contributed by atoms with Gasteiger partial charge in [-0.05, 0) is 42.2 Å². The second kappa shape index (κ2) is 9.44. The van der Waals surface area contributed by atoms with Crippen LogP contribution in [0.25, 0.3) is 0 Å². The fourth-order valence-corrected chi connectivity index (χ4v) is 2.55. The van der Waals surface area contributed by atoms with Crippen LogP contribution in [0.1, 0.15) is 37.3 Å². The molecular formula is C19H20Cl2N2O2. The van der Waals surface area contributed by atoms with E-state index in [0.717, 1.165) is 6.42 Å². The molecule has 6 heteroatoms. The molecule has 0 spiro atoms. The lowest BCUT2D eigenvalue weighted by molar-refractivity contribution is -0.123. The zero-order valence-corrected chi connectivity index (χ0v) is 15.6. The lowest BCUT2D eigenvalue weighted by Crippen LogP contribution is -2.24. The molecule has 25 heavy (non-hydrogen) atoms. The predicted octanol–water partition coefficient (Wildman–Crippen LogP) is 5.04. The summed E-state index contributed by atoms with van der Waals surface area (Å²) in [5.74, 6) is 0.797. The summed E-state index contributed by atoms with van der Waals surface area (Å²) < 4.78 is 5.45. The Kier molecular flexibility index (Phi) is 7.29. The van der Waals surface area contributed by atoms with Crippen LogP contribution >= 0.6 is 23.2 Å². The molecule has 0 radical (unpaired) electrons. The van der Waals surface area contributed by atoms with E-state index in [1.807, 2.05) is 24.3 Å². The number of rotatable bonds is 7. The number of benzene rings is 2. The largest absolute Gasteiger partial charge is 0.484 e. The Morgan fingerprint density at radius 1 is 1.24 bits per heavy atom. The molecule has 1 atom stereocenters. The van der Waals surface area contributed by atoms with Crippen molar-refractivity contribution in [1.29, 1.82) is 0 Å². The molecule has 0 heterocycles. The summed E-state index contributed by atoms with van der Waals surface area (Å²) >= 11 is 11.8. The lowest BCUT2D eigenvalue weighted by Gasteiger charge is -2.10. The second-order valence-electron chi connectivity index (χ2n) is 5.63. The standard InChI is InChI=1S/C19H20Cl2N2O2/c1-3-13(2)14-5-8-17(9-6-14)25-12-19(24)23-22-11-15-4-7-16(20)10-18(15)21/h4-11,13H,3,12H2,1-2H3,(H,23,24). The summed E-state index contributed by atoms with van der Waals surface area (Å²) in [6.07, 6.45) is 2.54. The van der Waals surface area contributed by atoms with Crippen LogP contribution in [0.5, 0.6) is 5.75 Å². The summed E-state index contributed by atoms with van der Waals surface area (Å²) in [6.45, 7) is 4.21. The van der Waals surface area contributed by atoms with Crippen molar-refractivity contribution in [3.05, 3.63) is 63.6 Å². The Hall–Kier alpha value is -2.04. The molecule has 0 aliphatic heterocycles. The number of hydrogen-bond donors (Lipinski definition) is 1. The first kappa shape index (κ1) is 19.3. The predicted molar refractivity (Wildman–Crippen MR) is 103 cm³/mol. The van der Waals surface area contributed by atoms with E-state index >= 15 is 0 Å². The molecular weight excluding hydrogens is 359 g/mol. The quantitative estimate of drug-likeness (QED) is 0.542. The normalized spacial score (nSPS) is 12.2. The summed E-state index contributed by atoms with van der Waals surface area (Å²) in [5, 5.41) is 4.86. The van der Waals surface area contributed by atoms with Crippen molar-refractivity contribution < 1.29 is 9.53 Å². The first-order valence-electron chi connectivity index (χ1n) is 7.99. The lowest BCUT2D eigenvalue weighted by atomic mass is 9.99. The van der Waals surface area contributed by atoms with Crippen molar-refractivity contribution in [3.63, 3.8) is 0 Å². The summed E-state index contributed by atoms with van der Waals surface area (Å²) in [4.78, 5) is 11.8. The highest BCUT2D eigenvalue weighted by molar-refractivity contribution is 6.36. The number of carbonyl (C=O) groups excluding carboxylic acids is 1. The molecule has 4 nitrogen and oxygen atoms in total. The summed E-state index contributed by atoms with van der Waals surface area (Å²) in [5.41, 5.74) is 4.31. The van der Waals surface area contributed by atoms with E-state index in [-0.39, 0.29) is 12.5 Å². The van der Waals surface area contributed by atoms with Crippen LogP contribution in [0.15, 0.2) is 47.6 Å². The van der Waals surface area contributed by atoms with Crippen molar-refractivity contribution >= 4 is 35.3 Å². The minimum absolute atomic E-state index is 0.117. The molecule has 132 valence electrons. The molecule has 0 bridgehead atoms. The van der Waals surface area contributed by atoms with Crippen LogP contribution < -0.4 is 10.2 Å². The van der Waals surface area contributed by atoms with E-state index < -0.39 is 0 Å². The number of nitrogens with zero attached hydrogens (tertiary/aromatic N) is 1. The van der Waals surface area contributed by atoms with Gasteiger partial charge in [0.2, 0.25) is 0 Å². The van der Waals surface area contributed by atoms with Crippen LogP contribution in [0.2, 0.25) is 10.0 Å². The third-order valence-corrected chi connectivity index (χ3v) is 4.35. The SMILES string of the molecule is CCC(C)c1ccc(OCC(=O)NN=Cc2ccc(Cl)cc2Cl)cc1. The van der Waals surface area contributed by atoms with Crippen LogP contribution in [-0.2, 0) is 4.79 Å². The minimum Gasteiger partial charge on any atom is -0.484 e. The van der Waals surface area contributed by atoms with Crippen molar-refractivity contribution in [2.45, 2.75) is 26.2 Å². The van der Waals surface area contributed by atoms with Gasteiger partial charge in [-0.1, -0.05) is 55.2 Å². The van der Waals surface area contributed by atoms with Crippen LogP contribution in [-0.4, -0.2) is 18.7 Å². The molecule has 0 aliphatic rings. The average molecular weight is 379 g/mol. The first-order chi connectivity index (χ1) is 12.0. The zero-order chi connectivity index (χ0) is 18.2. The number of carbonyl (C=O) groups is 1. The highest BCUT2D eigenvalue weighted by Crippen LogP contribution is 2.21. The maximum absolute atomic E-state index is 11.8. The zero-order valence-electron chi connectivity index (χ0n) is 14.1. The van der Waals surface area contributed by atoms with Gasteiger partial charge in [-0.2, -0.15) is 5.10 Å². The first-order valence-corrected chi connectivity index (χ1v) is 8.75. The van der Waals surface area contributed by atoms with Gasteiger partial charge in [-0.3, -0.25) is 4.79 Å². The highest BCUT2D eigenvalue weighted by atomic mass is 35.5. The van der Waals surface area contributed by atoms with E-state index in [2.05, 4.69) is 24.4 Å². The van der Waals surface area contributed by atoms with Gasteiger partial charge in [0.1, 0.15) is 5.75 Å². The van der Waals surface area contributed by atoms with E-state index in [1.54, 1.807) is 18.2 Å². The van der Waals surface area contributed by atoms with Gasteiger partial charge in [-0.15, -0.1) is 0 Å². The topological polar surface area (TPSA) is 50.7 Å². The Morgan fingerprint density at radius 2 is 1.96 bits per heavy atom. The Morgan fingerprint density at radius 3 is 2.60 bits per heavy atom. The fraction of sp³-hybridized carbons (Fsp3) is 0.263. The molecule has 0 aliphatic carbocycles. The minimum atomic E-state index is -0.354. The van der Waals surface area contributed by atoms with Gasteiger partial charge in [-0.25, -0.2) is 5.43 Å². The molecule has 1 amide bonds. The third-order valence-electron chi connectivity index (χ3n) is 3.79. The summed E-state index contributed by atoms with van der Waals surface area (Å²) in [7, 11) is 0.